The molecule has 2 fully saturated rings. The lowest BCUT2D eigenvalue weighted by Crippen LogP contribution is -2.33. The minimum Gasteiger partial charge on any atom is -0.396 e. The monoisotopic (exact) mass is 447 g/mol. The van der Waals surface area contributed by atoms with Crippen LogP contribution >= 0.6 is 11.6 Å². The Hall–Kier alpha value is -2.33. The van der Waals surface area contributed by atoms with Gasteiger partial charge >= 0.3 is 0 Å². The van der Waals surface area contributed by atoms with Gasteiger partial charge in [-0.05, 0) is 84.9 Å². The third-order valence-corrected chi connectivity index (χ3v) is 7.41. The Morgan fingerprint density at radius 3 is 2.44 bits per heavy atom. The van der Waals surface area contributed by atoms with Crippen molar-refractivity contribution < 1.29 is 9.94 Å². The van der Waals surface area contributed by atoms with Crippen LogP contribution < -0.4 is 5.06 Å². The molecule has 32 heavy (non-hydrogen) atoms. The molecule has 3 aromatic rings. The first-order valence-corrected chi connectivity index (χ1v) is 12.1. The van der Waals surface area contributed by atoms with Gasteiger partial charge in [0.05, 0.1) is 22.5 Å². The molecule has 0 saturated heterocycles. The van der Waals surface area contributed by atoms with Gasteiger partial charge in [0.2, 0.25) is 0 Å². The predicted octanol–water partition coefficient (Wildman–Crippen LogP) is 7.19. The summed E-state index contributed by atoms with van der Waals surface area (Å²) in [6, 6.07) is 24.6. The zero-order valence-electron chi connectivity index (χ0n) is 18.3. The second-order valence-electron chi connectivity index (χ2n) is 9.08. The van der Waals surface area contributed by atoms with Crippen LogP contribution in [-0.2, 0) is 11.3 Å². The average molecular weight is 448 g/mol. The van der Waals surface area contributed by atoms with Crippen molar-refractivity contribution >= 4 is 23.0 Å². The summed E-state index contributed by atoms with van der Waals surface area (Å²) in [6.45, 7) is 0.145. The number of aliphatic hydroxyl groups is 1. The van der Waals surface area contributed by atoms with Crippen molar-refractivity contribution in [1.82, 2.24) is 0 Å². The quantitative estimate of drug-likeness (QED) is 0.389. The Bertz CT molecular complexity index is 1050. The molecule has 3 unspecified atom stereocenters. The van der Waals surface area contributed by atoms with Crippen LogP contribution in [0.25, 0.3) is 11.1 Å². The van der Waals surface area contributed by atoms with Gasteiger partial charge in [0.1, 0.15) is 0 Å². The fraction of sp³-hybridized carbons (Fsp3) is 0.357. The third kappa shape index (κ3) is 4.43. The first kappa shape index (κ1) is 21.5. The fourth-order valence-corrected chi connectivity index (χ4v) is 5.63. The highest BCUT2D eigenvalue weighted by Crippen LogP contribution is 2.45. The number of aliphatic hydroxyl groups excluding tert-OH is 1. The summed E-state index contributed by atoms with van der Waals surface area (Å²) in [5, 5.41) is 12.0. The third-order valence-electron chi connectivity index (χ3n) is 7.09. The van der Waals surface area contributed by atoms with Crippen LogP contribution in [0.15, 0.2) is 72.8 Å². The van der Waals surface area contributed by atoms with Gasteiger partial charge in [-0.15, -0.1) is 0 Å². The van der Waals surface area contributed by atoms with E-state index in [2.05, 4.69) is 36.4 Å². The van der Waals surface area contributed by atoms with E-state index >= 15 is 0 Å². The molecule has 2 bridgehead atoms. The normalized spacial score (nSPS) is 22.1. The average Bonchev–Trinajstić information content (AvgIpc) is 3.22. The zero-order valence-corrected chi connectivity index (χ0v) is 19.0. The second-order valence-corrected chi connectivity index (χ2v) is 9.49. The molecule has 2 aliphatic rings. The number of anilines is 2. The maximum Gasteiger partial charge on any atom is 0.0889 e. The minimum atomic E-state index is 0.145. The number of benzene rings is 3. The Kier molecular flexibility index (Phi) is 6.49. The van der Waals surface area contributed by atoms with E-state index in [1.54, 1.807) is 0 Å². The number of para-hydroxylation sites is 1. The van der Waals surface area contributed by atoms with Gasteiger partial charge in [-0.3, -0.25) is 4.84 Å². The van der Waals surface area contributed by atoms with Gasteiger partial charge in [0, 0.05) is 6.61 Å². The molecule has 3 atom stereocenters. The van der Waals surface area contributed by atoms with Crippen LogP contribution in [0.2, 0.25) is 5.02 Å². The van der Waals surface area contributed by atoms with Gasteiger partial charge in [0.15, 0.2) is 0 Å². The Morgan fingerprint density at radius 1 is 0.875 bits per heavy atom. The van der Waals surface area contributed by atoms with Gasteiger partial charge in [0.25, 0.3) is 0 Å². The molecular formula is C28H30ClNO2. The van der Waals surface area contributed by atoms with E-state index in [9.17, 15) is 5.11 Å². The van der Waals surface area contributed by atoms with Crippen molar-refractivity contribution in [2.45, 2.75) is 44.6 Å². The molecule has 3 aromatic carbocycles. The Labute approximate surface area is 195 Å². The molecule has 0 radical (unpaired) electrons. The molecule has 0 aromatic heterocycles. The molecule has 3 nitrogen and oxygen atoms in total. The molecule has 2 aliphatic carbocycles. The smallest absolute Gasteiger partial charge is 0.0889 e. The highest BCUT2D eigenvalue weighted by molar-refractivity contribution is 6.33. The summed E-state index contributed by atoms with van der Waals surface area (Å²) in [4.78, 5) is 6.70. The van der Waals surface area contributed by atoms with E-state index < -0.39 is 0 Å². The lowest BCUT2D eigenvalue weighted by atomic mass is 9.87. The van der Waals surface area contributed by atoms with Gasteiger partial charge in [-0.2, -0.15) is 0 Å². The molecule has 4 heteroatoms. The van der Waals surface area contributed by atoms with Crippen molar-refractivity contribution in [3.8, 4) is 11.1 Å². The van der Waals surface area contributed by atoms with E-state index in [1.807, 2.05) is 41.5 Å². The number of rotatable bonds is 7. The molecule has 0 aliphatic heterocycles. The number of hydrogen-bond donors (Lipinski definition) is 1. The van der Waals surface area contributed by atoms with Crippen LogP contribution in [0, 0.1) is 11.8 Å². The van der Waals surface area contributed by atoms with Gasteiger partial charge in [-0.25, -0.2) is 5.06 Å². The zero-order chi connectivity index (χ0) is 21.9. The molecular weight excluding hydrogens is 418 g/mol. The number of halogens is 1. The fourth-order valence-electron chi connectivity index (χ4n) is 5.41. The molecule has 0 spiro atoms. The maximum atomic E-state index is 9.42. The standard InChI is InChI=1S/C28H30ClNO2/c29-26-7-3-4-8-27(26)30(32-28-16-10-20-9-11-23(28)19-20)24-14-12-22(13-15-24)25-6-2-1-5-21(25)17-18-31/h1-8,12-15,20,23,28,31H,9-11,16-19H2. The second kappa shape index (κ2) is 9.66. The van der Waals surface area contributed by atoms with Gasteiger partial charge in [-0.1, -0.05) is 66.6 Å². The van der Waals surface area contributed by atoms with Crippen LogP contribution in [0.1, 0.15) is 37.7 Å². The van der Waals surface area contributed by atoms with Crippen molar-refractivity contribution in [3.05, 3.63) is 83.4 Å². The molecule has 2 saturated carbocycles. The van der Waals surface area contributed by atoms with Crippen LogP contribution in [0.5, 0.6) is 0 Å². The van der Waals surface area contributed by atoms with Crippen LogP contribution in [0.4, 0.5) is 11.4 Å². The molecule has 166 valence electrons. The lowest BCUT2D eigenvalue weighted by molar-refractivity contribution is -0.00641. The van der Waals surface area contributed by atoms with E-state index in [0.29, 0.717) is 17.4 Å². The highest BCUT2D eigenvalue weighted by atomic mass is 35.5. The van der Waals surface area contributed by atoms with E-state index in [0.717, 1.165) is 40.4 Å². The summed E-state index contributed by atoms with van der Waals surface area (Å²) < 4.78 is 0. The minimum absolute atomic E-state index is 0.145. The molecule has 0 amide bonds. The van der Waals surface area contributed by atoms with E-state index in [-0.39, 0.29) is 12.7 Å². The number of nitrogens with zero attached hydrogens (tertiary/aromatic N) is 1. The summed E-state index contributed by atoms with van der Waals surface area (Å²) >= 11 is 6.60. The molecule has 5 rings (SSSR count). The van der Waals surface area contributed by atoms with Crippen molar-refractivity contribution in [2.75, 3.05) is 11.7 Å². The van der Waals surface area contributed by atoms with Gasteiger partial charge < -0.3 is 5.11 Å². The predicted molar refractivity (Wildman–Crippen MR) is 131 cm³/mol. The SMILES string of the molecule is OCCc1ccccc1-c1ccc(N(OC2CCC3CCC2C3)c2ccccc2Cl)cc1. The summed E-state index contributed by atoms with van der Waals surface area (Å²) in [7, 11) is 0. The first-order valence-electron chi connectivity index (χ1n) is 11.7. The van der Waals surface area contributed by atoms with Crippen LogP contribution in [0.3, 0.4) is 0 Å². The largest absolute Gasteiger partial charge is 0.396 e. The van der Waals surface area contributed by atoms with E-state index in [4.69, 9.17) is 16.4 Å². The Morgan fingerprint density at radius 2 is 1.62 bits per heavy atom. The summed E-state index contributed by atoms with van der Waals surface area (Å²) in [6.07, 6.45) is 7.17. The number of hydrogen-bond acceptors (Lipinski definition) is 3. The highest BCUT2D eigenvalue weighted by Gasteiger charge is 2.38. The summed E-state index contributed by atoms with van der Waals surface area (Å²) in [5.74, 6) is 1.54. The topological polar surface area (TPSA) is 32.7 Å². The summed E-state index contributed by atoms with van der Waals surface area (Å²) in [5.41, 5.74) is 5.29. The first-order chi connectivity index (χ1) is 15.7. The molecule has 0 heterocycles. The lowest BCUT2D eigenvalue weighted by Gasteiger charge is -2.34. The molecule has 1 N–H and O–H groups in total. The van der Waals surface area contributed by atoms with Crippen LogP contribution in [-0.4, -0.2) is 17.8 Å². The number of fused-ring (bicyclic) bond motifs is 2. The van der Waals surface area contributed by atoms with E-state index in [1.165, 1.54) is 25.7 Å². The maximum absolute atomic E-state index is 9.42. The van der Waals surface area contributed by atoms with Crippen molar-refractivity contribution in [2.24, 2.45) is 11.8 Å². The van der Waals surface area contributed by atoms with Crippen molar-refractivity contribution in [1.29, 1.82) is 0 Å². The Balaban J connectivity index is 1.46. The van der Waals surface area contributed by atoms with Crippen molar-refractivity contribution in [3.63, 3.8) is 0 Å².